The third kappa shape index (κ3) is 5.14. The van der Waals surface area contributed by atoms with Crippen LogP contribution in [0.2, 0.25) is 0 Å². The Hall–Kier alpha value is -2.78. The Kier molecular flexibility index (Phi) is 6.72. The van der Waals surface area contributed by atoms with Gasteiger partial charge in [-0.05, 0) is 44.0 Å². The van der Waals surface area contributed by atoms with Gasteiger partial charge in [-0.1, -0.05) is 12.1 Å². The van der Waals surface area contributed by atoms with Gasteiger partial charge in [0.15, 0.2) is 0 Å². The molecule has 28 heavy (non-hydrogen) atoms. The van der Waals surface area contributed by atoms with E-state index in [1.165, 1.54) is 6.33 Å². The minimum atomic E-state index is -0.447. The van der Waals surface area contributed by atoms with Gasteiger partial charge in [-0.25, -0.2) is 9.97 Å². The van der Waals surface area contributed by atoms with Crippen LogP contribution in [0.15, 0.2) is 24.5 Å². The predicted octanol–water partition coefficient (Wildman–Crippen LogP) is 2.88. The first-order chi connectivity index (χ1) is 13.5. The fourth-order valence-corrected chi connectivity index (χ4v) is 3.10. The highest BCUT2D eigenvalue weighted by atomic mass is 16.6. The fraction of sp³-hybridized carbons (Fsp3) is 0.474. The molecule has 0 spiro atoms. The van der Waals surface area contributed by atoms with Crippen molar-refractivity contribution in [1.82, 2.24) is 14.9 Å². The van der Waals surface area contributed by atoms with Gasteiger partial charge in [0.05, 0.1) is 18.1 Å². The number of morpholine rings is 1. The lowest BCUT2D eigenvalue weighted by molar-refractivity contribution is -0.383. The lowest BCUT2D eigenvalue weighted by Gasteiger charge is -2.26. The molecule has 2 aromatic rings. The van der Waals surface area contributed by atoms with Gasteiger partial charge in [0.1, 0.15) is 6.33 Å². The van der Waals surface area contributed by atoms with Gasteiger partial charge in [0, 0.05) is 25.3 Å². The zero-order valence-electron chi connectivity index (χ0n) is 16.3. The summed E-state index contributed by atoms with van der Waals surface area (Å²) in [5, 5.41) is 17.9. The minimum absolute atomic E-state index is 0.144. The molecule has 150 valence electrons. The molecule has 2 heterocycles. The van der Waals surface area contributed by atoms with Crippen LogP contribution in [-0.4, -0.2) is 59.2 Å². The maximum atomic E-state index is 11.7. The summed E-state index contributed by atoms with van der Waals surface area (Å²) in [6.07, 6.45) is 2.20. The lowest BCUT2D eigenvalue weighted by atomic mass is 10.1. The highest BCUT2D eigenvalue weighted by Gasteiger charge is 2.23. The first-order valence-electron chi connectivity index (χ1n) is 9.42. The Morgan fingerprint density at radius 2 is 1.96 bits per heavy atom. The van der Waals surface area contributed by atoms with Crippen molar-refractivity contribution in [3.05, 3.63) is 45.8 Å². The largest absolute Gasteiger partial charge is 0.379 e. The van der Waals surface area contributed by atoms with E-state index < -0.39 is 4.92 Å². The van der Waals surface area contributed by atoms with Gasteiger partial charge in [-0.15, -0.1) is 0 Å². The molecule has 1 aliphatic heterocycles. The molecule has 1 aliphatic rings. The highest BCUT2D eigenvalue weighted by molar-refractivity contribution is 5.74. The number of aryl methyl sites for hydroxylation is 2. The number of rotatable bonds is 8. The molecule has 1 saturated heterocycles. The van der Waals surface area contributed by atoms with Crippen molar-refractivity contribution in [2.45, 2.75) is 20.3 Å². The second kappa shape index (κ2) is 9.43. The topological polar surface area (TPSA) is 105 Å². The van der Waals surface area contributed by atoms with Crippen molar-refractivity contribution in [1.29, 1.82) is 0 Å². The molecule has 0 amide bonds. The van der Waals surface area contributed by atoms with Crippen molar-refractivity contribution >= 4 is 23.0 Å². The smallest absolute Gasteiger partial charge is 0.353 e. The van der Waals surface area contributed by atoms with Crippen LogP contribution >= 0.6 is 0 Å². The van der Waals surface area contributed by atoms with Crippen LogP contribution in [0.5, 0.6) is 0 Å². The van der Waals surface area contributed by atoms with Gasteiger partial charge in [-0.2, -0.15) is 0 Å². The van der Waals surface area contributed by atoms with Crippen molar-refractivity contribution in [2.75, 3.05) is 50.0 Å². The van der Waals surface area contributed by atoms with E-state index in [4.69, 9.17) is 4.74 Å². The third-order valence-corrected chi connectivity index (χ3v) is 4.70. The Labute approximate surface area is 164 Å². The number of nitrogens with zero attached hydrogens (tertiary/aromatic N) is 4. The molecule has 3 rings (SSSR count). The van der Waals surface area contributed by atoms with Gasteiger partial charge < -0.3 is 15.4 Å². The molecule has 1 aromatic carbocycles. The van der Waals surface area contributed by atoms with Crippen molar-refractivity contribution in [2.24, 2.45) is 0 Å². The summed E-state index contributed by atoms with van der Waals surface area (Å²) in [4.78, 5) is 21.8. The summed E-state index contributed by atoms with van der Waals surface area (Å²) in [7, 11) is 0. The number of aromatic nitrogens is 2. The van der Waals surface area contributed by atoms with E-state index in [2.05, 4.69) is 25.5 Å². The Bertz CT molecular complexity index is 823. The van der Waals surface area contributed by atoms with Gasteiger partial charge in [0.25, 0.3) is 0 Å². The standard InChI is InChI=1S/C19H26N6O3/c1-14-4-5-15(2)16(12-14)23-19-17(25(26)27)18(21-13-22-19)20-6-3-7-24-8-10-28-11-9-24/h4-5,12-13H,3,6-11H2,1-2H3,(H2,20,21,22,23). The first-order valence-corrected chi connectivity index (χ1v) is 9.42. The monoisotopic (exact) mass is 386 g/mol. The van der Waals surface area contributed by atoms with Crippen LogP contribution in [0.4, 0.5) is 23.0 Å². The molecule has 1 aromatic heterocycles. The zero-order chi connectivity index (χ0) is 19.9. The van der Waals surface area contributed by atoms with E-state index in [0.29, 0.717) is 6.54 Å². The molecule has 0 saturated carbocycles. The van der Waals surface area contributed by atoms with E-state index >= 15 is 0 Å². The highest BCUT2D eigenvalue weighted by Crippen LogP contribution is 2.32. The van der Waals surface area contributed by atoms with Crippen LogP contribution in [-0.2, 0) is 4.74 Å². The van der Waals surface area contributed by atoms with Gasteiger partial charge >= 0.3 is 5.69 Å². The number of hydrogen-bond acceptors (Lipinski definition) is 8. The molecule has 0 atom stereocenters. The summed E-state index contributed by atoms with van der Waals surface area (Å²) in [6.45, 7) is 8.81. The van der Waals surface area contributed by atoms with Crippen LogP contribution in [0.1, 0.15) is 17.5 Å². The van der Waals surface area contributed by atoms with Crippen LogP contribution in [0.25, 0.3) is 0 Å². The Morgan fingerprint density at radius 1 is 1.21 bits per heavy atom. The second-order valence-electron chi connectivity index (χ2n) is 6.85. The predicted molar refractivity (Wildman–Crippen MR) is 108 cm³/mol. The summed E-state index contributed by atoms with van der Waals surface area (Å²) in [5.74, 6) is 0.416. The van der Waals surface area contributed by atoms with Crippen LogP contribution in [0, 0.1) is 24.0 Å². The molecule has 2 N–H and O–H groups in total. The molecule has 1 fully saturated rings. The number of nitro groups is 1. The number of nitrogens with one attached hydrogen (secondary N) is 2. The van der Waals surface area contributed by atoms with Crippen molar-refractivity contribution < 1.29 is 9.66 Å². The SMILES string of the molecule is Cc1ccc(C)c(Nc2ncnc(NCCCN3CCOCC3)c2[N+](=O)[O-])c1. The zero-order valence-corrected chi connectivity index (χ0v) is 16.3. The van der Waals surface area contributed by atoms with E-state index in [0.717, 1.165) is 56.1 Å². The molecule has 0 bridgehead atoms. The van der Waals surface area contributed by atoms with Crippen LogP contribution < -0.4 is 10.6 Å². The average molecular weight is 386 g/mol. The minimum Gasteiger partial charge on any atom is -0.379 e. The van der Waals surface area contributed by atoms with Gasteiger partial charge in [0.2, 0.25) is 11.6 Å². The normalized spacial score (nSPS) is 14.6. The van der Waals surface area contributed by atoms with Gasteiger partial charge in [-0.3, -0.25) is 15.0 Å². The number of hydrogen-bond donors (Lipinski definition) is 2. The molecular formula is C19H26N6O3. The Morgan fingerprint density at radius 3 is 2.71 bits per heavy atom. The molecule has 9 heteroatoms. The molecule has 0 aliphatic carbocycles. The summed E-state index contributed by atoms with van der Waals surface area (Å²) in [6, 6.07) is 5.91. The number of benzene rings is 1. The lowest BCUT2D eigenvalue weighted by Crippen LogP contribution is -2.37. The van der Waals surface area contributed by atoms with Crippen LogP contribution in [0.3, 0.4) is 0 Å². The third-order valence-electron chi connectivity index (χ3n) is 4.70. The summed E-state index contributed by atoms with van der Waals surface area (Å²) >= 11 is 0. The number of anilines is 3. The maximum Gasteiger partial charge on any atom is 0.353 e. The number of ether oxygens (including phenoxy) is 1. The van der Waals surface area contributed by atoms with E-state index in [1.807, 2.05) is 32.0 Å². The Balaban J connectivity index is 1.68. The van der Waals surface area contributed by atoms with E-state index in [1.54, 1.807) is 0 Å². The summed E-state index contributed by atoms with van der Waals surface area (Å²) < 4.78 is 5.34. The molecule has 0 unspecified atom stereocenters. The fourth-order valence-electron chi connectivity index (χ4n) is 3.10. The van der Waals surface area contributed by atoms with Crippen molar-refractivity contribution in [3.63, 3.8) is 0 Å². The molecule has 9 nitrogen and oxygen atoms in total. The average Bonchev–Trinajstić information content (AvgIpc) is 2.69. The molecule has 0 radical (unpaired) electrons. The quantitative estimate of drug-likeness (QED) is 0.405. The molecular weight excluding hydrogens is 360 g/mol. The summed E-state index contributed by atoms with van der Waals surface area (Å²) in [5.41, 5.74) is 2.69. The second-order valence-corrected chi connectivity index (χ2v) is 6.85. The van der Waals surface area contributed by atoms with E-state index in [9.17, 15) is 10.1 Å². The van der Waals surface area contributed by atoms with Crippen molar-refractivity contribution in [3.8, 4) is 0 Å². The van der Waals surface area contributed by atoms with E-state index in [-0.39, 0.29) is 17.3 Å². The maximum absolute atomic E-state index is 11.7. The first kappa shape index (κ1) is 20.0.